The molecule has 0 heterocycles. The third kappa shape index (κ3) is 4.24. The lowest BCUT2D eigenvalue weighted by molar-refractivity contribution is 0.464. The van der Waals surface area contributed by atoms with E-state index in [2.05, 4.69) is 0 Å². The lowest BCUT2D eigenvalue weighted by atomic mass is 10.2. The van der Waals surface area contributed by atoms with Crippen molar-refractivity contribution < 1.29 is 12.8 Å². The third-order valence-electron chi connectivity index (χ3n) is 3.02. The van der Waals surface area contributed by atoms with Crippen molar-refractivity contribution in [1.29, 1.82) is 0 Å². The molecule has 0 aromatic heterocycles. The Bertz CT molecular complexity index is 727. The van der Waals surface area contributed by atoms with Gasteiger partial charge in [-0.05, 0) is 17.7 Å². The van der Waals surface area contributed by atoms with Gasteiger partial charge in [-0.15, -0.1) is 0 Å². The molecule has 0 aliphatic rings. The summed E-state index contributed by atoms with van der Waals surface area (Å²) in [6, 6.07) is 15.3. The van der Waals surface area contributed by atoms with Crippen molar-refractivity contribution in [3.8, 4) is 0 Å². The van der Waals surface area contributed by atoms with Gasteiger partial charge in [0.15, 0.2) is 0 Å². The maximum Gasteiger partial charge on any atom is 0.236 e. The number of benzene rings is 2. The molecular weight excluding hydrogens is 289 g/mol. The van der Waals surface area contributed by atoms with E-state index in [-0.39, 0.29) is 6.54 Å². The predicted octanol–water partition coefficient (Wildman–Crippen LogP) is 3.26. The van der Waals surface area contributed by atoms with E-state index in [4.69, 9.17) is 0 Å². The van der Waals surface area contributed by atoms with E-state index in [0.717, 1.165) is 15.3 Å². The number of hydrogen-bond acceptors (Lipinski definition) is 2. The van der Waals surface area contributed by atoms with Gasteiger partial charge >= 0.3 is 0 Å². The van der Waals surface area contributed by atoms with Gasteiger partial charge in [-0.2, -0.15) is 4.31 Å². The van der Waals surface area contributed by atoms with Crippen LogP contribution in [0.1, 0.15) is 11.1 Å². The maximum absolute atomic E-state index is 13.5. The van der Waals surface area contributed by atoms with Gasteiger partial charge in [0.25, 0.3) is 0 Å². The van der Waals surface area contributed by atoms with Gasteiger partial charge in [0.05, 0.1) is 0 Å². The fraction of sp³-hybridized carbons (Fsp3) is 0.125. The number of rotatable bonds is 5. The average molecular weight is 305 g/mol. The van der Waals surface area contributed by atoms with Gasteiger partial charge in [0, 0.05) is 24.6 Å². The molecule has 0 fully saturated rings. The van der Waals surface area contributed by atoms with Crippen molar-refractivity contribution in [2.24, 2.45) is 0 Å². The second kappa shape index (κ2) is 6.65. The molecule has 0 unspecified atom stereocenters. The van der Waals surface area contributed by atoms with E-state index in [1.54, 1.807) is 18.2 Å². The van der Waals surface area contributed by atoms with Gasteiger partial charge in [0.1, 0.15) is 5.82 Å². The van der Waals surface area contributed by atoms with E-state index in [0.29, 0.717) is 5.56 Å². The molecule has 0 aliphatic carbocycles. The van der Waals surface area contributed by atoms with E-state index in [1.807, 2.05) is 30.3 Å². The molecule has 0 aliphatic heterocycles. The molecule has 3 nitrogen and oxygen atoms in total. The topological polar surface area (TPSA) is 37.4 Å². The van der Waals surface area contributed by atoms with E-state index in [9.17, 15) is 12.8 Å². The first-order valence-electron chi connectivity index (χ1n) is 6.42. The molecule has 0 atom stereocenters. The van der Waals surface area contributed by atoms with Crippen LogP contribution in [-0.4, -0.2) is 19.8 Å². The number of nitrogens with zero attached hydrogens (tertiary/aromatic N) is 1. The highest BCUT2D eigenvalue weighted by molar-refractivity contribution is 7.92. The summed E-state index contributed by atoms with van der Waals surface area (Å²) in [5, 5.41) is 1.13. The first-order chi connectivity index (χ1) is 9.99. The van der Waals surface area contributed by atoms with Crippen molar-refractivity contribution in [2.45, 2.75) is 6.54 Å². The van der Waals surface area contributed by atoms with Crippen molar-refractivity contribution in [3.63, 3.8) is 0 Å². The monoisotopic (exact) mass is 305 g/mol. The summed E-state index contributed by atoms with van der Waals surface area (Å²) in [5.74, 6) is -0.411. The van der Waals surface area contributed by atoms with Crippen LogP contribution in [0.15, 0.2) is 60.0 Å². The number of halogens is 1. The summed E-state index contributed by atoms with van der Waals surface area (Å²) in [6.45, 7) is -0.00582. The van der Waals surface area contributed by atoms with Crippen LogP contribution in [0.2, 0.25) is 0 Å². The fourth-order valence-corrected chi connectivity index (χ4v) is 2.64. The lowest BCUT2D eigenvalue weighted by Gasteiger charge is -2.15. The van der Waals surface area contributed by atoms with Crippen LogP contribution in [0.25, 0.3) is 6.08 Å². The number of hydrogen-bond donors (Lipinski definition) is 0. The summed E-state index contributed by atoms with van der Waals surface area (Å²) >= 11 is 0. The normalized spacial score (nSPS) is 12.1. The average Bonchev–Trinajstić information content (AvgIpc) is 2.48. The second-order valence-electron chi connectivity index (χ2n) is 4.61. The van der Waals surface area contributed by atoms with Crippen LogP contribution in [0.3, 0.4) is 0 Å². The molecule has 0 bridgehead atoms. The lowest BCUT2D eigenvalue weighted by Crippen LogP contribution is -2.24. The smallest absolute Gasteiger partial charge is 0.208 e. The SMILES string of the molecule is CN(Cc1ccccc1F)S(=O)(=O)/C=C/c1ccccc1. The molecule has 2 aromatic carbocycles. The van der Waals surface area contributed by atoms with Crippen LogP contribution in [0, 0.1) is 5.82 Å². The zero-order chi connectivity index (χ0) is 15.3. The molecule has 0 saturated carbocycles. The molecule has 21 heavy (non-hydrogen) atoms. The summed E-state index contributed by atoms with van der Waals surface area (Å²) in [6.07, 6.45) is 1.52. The Kier molecular flexibility index (Phi) is 4.88. The Morgan fingerprint density at radius 2 is 1.67 bits per heavy atom. The summed E-state index contributed by atoms with van der Waals surface area (Å²) in [4.78, 5) is 0. The zero-order valence-corrected chi connectivity index (χ0v) is 12.4. The third-order valence-corrected chi connectivity index (χ3v) is 4.50. The van der Waals surface area contributed by atoms with Gasteiger partial charge in [-0.25, -0.2) is 12.8 Å². The van der Waals surface area contributed by atoms with E-state index < -0.39 is 15.8 Å². The van der Waals surface area contributed by atoms with Crippen LogP contribution in [0.5, 0.6) is 0 Å². The Hall–Kier alpha value is -1.98. The molecular formula is C16H16FNO2S. The first kappa shape index (κ1) is 15.4. The Morgan fingerprint density at radius 1 is 1.05 bits per heavy atom. The highest BCUT2D eigenvalue weighted by Gasteiger charge is 2.15. The molecule has 0 radical (unpaired) electrons. The maximum atomic E-state index is 13.5. The summed E-state index contributed by atoms with van der Waals surface area (Å²) in [7, 11) is -2.16. The van der Waals surface area contributed by atoms with E-state index in [1.165, 1.54) is 19.2 Å². The molecule has 110 valence electrons. The molecule has 0 spiro atoms. The minimum atomic E-state index is -3.59. The highest BCUT2D eigenvalue weighted by Crippen LogP contribution is 2.13. The Morgan fingerprint density at radius 3 is 2.33 bits per heavy atom. The number of sulfonamides is 1. The molecule has 2 aromatic rings. The van der Waals surface area contributed by atoms with Crippen LogP contribution in [-0.2, 0) is 16.6 Å². The quantitative estimate of drug-likeness (QED) is 0.850. The largest absolute Gasteiger partial charge is 0.236 e. The van der Waals surface area contributed by atoms with Gasteiger partial charge in [0.2, 0.25) is 10.0 Å². The van der Waals surface area contributed by atoms with Crippen LogP contribution in [0.4, 0.5) is 4.39 Å². The van der Waals surface area contributed by atoms with Crippen molar-refractivity contribution in [3.05, 3.63) is 76.9 Å². The first-order valence-corrected chi connectivity index (χ1v) is 7.92. The van der Waals surface area contributed by atoms with Gasteiger partial charge in [-0.3, -0.25) is 0 Å². The van der Waals surface area contributed by atoms with E-state index >= 15 is 0 Å². The minimum absolute atomic E-state index is 0.00582. The molecule has 5 heteroatoms. The zero-order valence-electron chi connectivity index (χ0n) is 11.6. The Balaban J connectivity index is 2.12. The minimum Gasteiger partial charge on any atom is -0.208 e. The van der Waals surface area contributed by atoms with Gasteiger partial charge in [-0.1, -0.05) is 48.5 Å². The standard InChI is InChI=1S/C16H16FNO2S/c1-18(13-15-9-5-6-10-16(15)17)21(19,20)12-11-14-7-3-2-4-8-14/h2-12H,13H2,1H3/b12-11+. The molecule has 0 N–H and O–H groups in total. The fourth-order valence-electron chi connectivity index (χ4n) is 1.79. The Labute approximate surface area is 124 Å². The summed E-state index contributed by atoms with van der Waals surface area (Å²) in [5.41, 5.74) is 1.14. The molecule has 2 rings (SSSR count). The van der Waals surface area contributed by atoms with Crippen LogP contribution < -0.4 is 0 Å². The molecule has 0 saturated heterocycles. The molecule has 0 amide bonds. The second-order valence-corrected chi connectivity index (χ2v) is 6.53. The highest BCUT2D eigenvalue weighted by atomic mass is 32.2. The van der Waals surface area contributed by atoms with Crippen molar-refractivity contribution >= 4 is 16.1 Å². The summed E-state index contributed by atoms with van der Waals surface area (Å²) < 4.78 is 38.9. The van der Waals surface area contributed by atoms with Crippen LogP contribution >= 0.6 is 0 Å². The van der Waals surface area contributed by atoms with Crippen molar-refractivity contribution in [2.75, 3.05) is 7.05 Å². The predicted molar refractivity (Wildman–Crippen MR) is 82.3 cm³/mol. The van der Waals surface area contributed by atoms with Gasteiger partial charge < -0.3 is 0 Å². The van der Waals surface area contributed by atoms with Crippen molar-refractivity contribution in [1.82, 2.24) is 4.31 Å².